The van der Waals surface area contributed by atoms with Crippen molar-refractivity contribution in [1.29, 1.82) is 0 Å². The number of aromatic amines is 1. The van der Waals surface area contributed by atoms with Crippen molar-refractivity contribution in [2.75, 3.05) is 14.2 Å². The Morgan fingerprint density at radius 1 is 1.44 bits per heavy atom. The monoisotopic (exact) mass is 220 g/mol. The molecule has 0 unspecified atom stereocenters. The number of nitrogens with zero attached hydrogens (tertiary/aromatic N) is 3. The lowest BCUT2D eigenvalue weighted by molar-refractivity contribution is 0.111. The third-order valence-corrected chi connectivity index (χ3v) is 1.63. The Kier molecular flexibility index (Phi) is 4.81. The van der Waals surface area contributed by atoms with Crippen LogP contribution in [-0.2, 0) is 4.74 Å². The lowest BCUT2D eigenvalue weighted by Gasteiger charge is -1.93. The molecule has 2 aromatic rings. The number of carbonyl (C=O) groups excluding carboxylic acids is 1. The largest absolute Gasteiger partial charge is 0.388 e. The van der Waals surface area contributed by atoms with Gasteiger partial charge >= 0.3 is 0 Å². The van der Waals surface area contributed by atoms with Gasteiger partial charge in [-0.2, -0.15) is 15.3 Å². The molecule has 0 fully saturated rings. The summed E-state index contributed by atoms with van der Waals surface area (Å²) in [7, 11) is 3.25. The Hall–Kier alpha value is -2.08. The van der Waals surface area contributed by atoms with Crippen LogP contribution in [0.4, 0.5) is 0 Å². The quantitative estimate of drug-likeness (QED) is 0.762. The third-order valence-electron chi connectivity index (χ3n) is 1.63. The molecule has 0 aliphatic rings. The van der Waals surface area contributed by atoms with E-state index < -0.39 is 0 Å². The zero-order chi connectivity index (χ0) is 11.8. The predicted octanol–water partition coefficient (Wildman–Crippen LogP) is 0.942. The molecular weight excluding hydrogens is 208 g/mol. The van der Waals surface area contributed by atoms with Crippen LogP contribution in [-0.4, -0.2) is 40.9 Å². The molecule has 2 rings (SSSR count). The number of carbonyl (C=O) groups is 1. The molecule has 6 nitrogen and oxygen atoms in total. The Morgan fingerprint density at radius 2 is 2.19 bits per heavy atom. The van der Waals surface area contributed by atoms with Crippen LogP contribution in [0, 0.1) is 0 Å². The smallest absolute Gasteiger partial charge is 0.168 e. The van der Waals surface area contributed by atoms with E-state index in [9.17, 15) is 4.79 Å². The van der Waals surface area contributed by atoms with Crippen LogP contribution >= 0.6 is 0 Å². The maximum absolute atomic E-state index is 10.5. The molecule has 0 amide bonds. The summed E-state index contributed by atoms with van der Waals surface area (Å²) < 4.78 is 4.25. The topological polar surface area (TPSA) is 80.8 Å². The van der Waals surface area contributed by atoms with Gasteiger partial charge in [0.1, 0.15) is 5.69 Å². The van der Waals surface area contributed by atoms with Crippen LogP contribution in [0.1, 0.15) is 10.5 Å². The summed E-state index contributed by atoms with van der Waals surface area (Å²) in [5.74, 6) is 0. The van der Waals surface area contributed by atoms with Gasteiger partial charge in [0.05, 0.1) is 17.5 Å². The average Bonchev–Trinajstić information content (AvgIpc) is 2.79. The number of nitrogens with one attached hydrogen (secondary N) is 1. The van der Waals surface area contributed by atoms with Crippen LogP contribution in [0.15, 0.2) is 24.5 Å². The first kappa shape index (κ1) is 12.0. The first-order valence-electron chi connectivity index (χ1n) is 4.50. The van der Waals surface area contributed by atoms with Crippen LogP contribution in [0.5, 0.6) is 0 Å². The second kappa shape index (κ2) is 6.41. The molecule has 0 atom stereocenters. The van der Waals surface area contributed by atoms with Crippen molar-refractivity contribution in [3.8, 4) is 11.3 Å². The van der Waals surface area contributed by atoms with E-state index in [1.807, 2.05) is 0 Å². The predicted molar refractivity (Wildman–Crippen MR) is 57.9 cm³/mol. The van der Waals surface area contributed by atoms with Gasteiger partial charge < -0.3 is 4.74 Å². The number of ether oxygens (including phenoxy) is 1. The molecule has 6 heteroatoms. The summed E-state index contributed by atoms with van der Waals surface area (Å²) in [6.07, 6.45) is 3.83. The minimum absolute atomic E-state index is 0.417. The van der Waals surface area contributed by atoms with Gasteiger partial charge in [-0.1, -0.05) is 0 Å². The Balaban J connectivity index is 0.000000386. The van der Waals surface area contributed by atoms with Gasteiger partial charge in [0.25, 0.3) is 0 Å². The van der Waals surface area contributed by atoms with E-state index in [4.69, 9.17) is 0 Å². The second-order valence-electron chi connectivity index (χ2n) is 2.83. The van der Waals surface area contributed by atoms with Gasteiger partial charge in [0, 0.05) is 20.4 Å². The van der Waals surface area contributed by atoms with E-state index in [0.717, 1.165) is 0 Å². The summed E-state index contributed by atoms with van der Waals surface area (Å²) >= 11 is 0. The summed E-state index contributed by atoms with van der Waals surface area (Å²) in [5, 5.41) is 13.9. The van der Waals surface area contributed by atoms with Crippen LogP contribution in [0.25, 0.3) is 11.3 Å². The number of aromatic nitrogens is 4. The van der Waals surface area contributed by atoms with Gasteiger partial charge in [0.2, 0.25) is 0 Å². The van der Waals surface area contributed by atoms with Gasteiger partial charge in [0.15, 0.2) is 6.29 Å². The van der Waals surface area contributed by atoms with Crippen molar-refractivity contribution in [3.05, 3.63) is 30.2 Å². The number of H-pyrrole nitrogens is 1. The van der Waals surface area contributed by atoms with Crippen molar-refractivity contribution in [3.63, 3.8) is 0 Å². The molecule has 0 aliphatic heterocycles. The first-order chi connectivity index (χ1) is 7.83. The standard InChI is InChI=1S/C8H6N4O.C2H6O/c13-5-8-6(4-10-12-8)7-2-1-3-9-11-7;1-3-2/h1-5H,(H,10,12);1-2H3. The van der Waals surface area contributed by atoms with Crippen molar-refractivity contribution >= 4 is 6.29 Å². The highest BCUT2D eigenvalue weighted by atomic mass is 16.4. The van der Waals surface area contributed by atoms with E-state index in [1.165, 1.54) is 0 Å². The van der Waals surface area contributed by atoms with E-state index in [2.05, 4.69) is 25.1 Å². The van der Waals surface area contributed by atoms with Gasteiger partial charge in [-0.25, -0.2) is 0 Å². The van der Waals surface area contributed by atoms with Gasteiger partial charge in [-0.3, -0.25) is 9.89 Å². The van der Waals surface area contributed by atoms with Crippen LogP contribution < -0.4 is 0 Å². The van der Waals surface area contributed by atoms with E-state index in [1.54, 1.807) is 38.7 Å². The lowest BCUT2D eigenvalue weighted by atomic mass is 10.2. The van der Waals surface area contributed by atoms with Crippen molar-refractivity contribution in [1.82, 2.24) is 20.4 Å². The minimum atomic E-state index is 0.417. The molecule has 2 heterocycles. The number of hydrogen-bond acceptors (Lipinski definition) is 5. The molecular formula is C10H12N4O2. The molecule has 0 saturated carbocycles. The molecule has 0 radical (unpaired) electrons. The normalized spacial score (nSPS) is 9.12. The molecule has 1 N–H and O–H groups in total. The minimum Gasteiger partial charge on any atom is -0.388 e. The highest BCUT2D eigenvalue weighted by Gasteiger charge is 2.06. The highest BCUT2D eigenvalue weighted by Crippen LogP contribution is 2.16. The van der Waals surface area contributed by atoms with E-state index in [-0.39, 0.29) is 0 Å². The number of methoxy groups -OCH3 is 1. The lowest BCUT2D eigenvalue weighted by Crippen LogP contribution is -1.88. The van der Waals surface area contributed by atoms with Crippen LogP contribution in [0.2, 0.25) is 0 Å². The van der Waals surface area contributed by atoms with Crippen molar-refractivity contribution in [2.45, 2.75) is 0 Å². The maximum atomic E-state index is 10.5. The fraction of sp³-hybridized carbons (Fsp3) is 0.200. The van der Waals surface area contributed by atoms with Crippen molar-refractivity contribution in [2.24, 2.45) is 0 Å². The van der Waals surface area contributed by atoms with E-state index >= 15 is 0 Å². The molecule has 0 spiro atoms. The maximum Gasteiger partial charge on any atom is 0.168 e. The number of rotatable bonds is 2. The summed E-state index contributed by atoms with van der Waals surface area (Å²) in [6.45, 7) is 0. The zero-order valence-electron chi connectivity index (χ0n) is 9.04. The molecule has 0 bridgehead atoms. The zero-order valence-corrected chi connectivity index (χ0v) is 9.04. The fourth-order valence-corrected chi connectivity index (χ4v) is 1.04. The number of hydrogen-bond donors (Lipinski definition) is 1. The van der Waals surface area contributed by atoms with Crippen molar-refractivity contribution < 1.29 is 9.53 Å². The third kappa shape index (κ3) is 2.96. The molecule has 0 aliphatic carbocycles. The fourth-order valence-electron chi connectivity index (χ4n) is 1.04. The Morgan fingerprint density at radius 3 is 2.75 bits per heavy atom. The highest BCUT2D eigenvalue weighted by molar-refractivity contribution is 5.83. The van der Waals surface area contributed by atoms with Gasteiger partial charge in [-0.15, -0.1) is 0 Å². The second-order valence-corrected chi connectivity index (χ2v) is 2.83. The van der Waals surface area contributed by atoms with Gasteiger partial charge in [-0.05, 0) is 12.1 Å². The molecule has 16 heavy (non-hydrogen) atoms. The SMILES string of the molecule is COC.O=Cc1[nH]ncc1-c1cccnn1. The Bertz CT molecular complexity index is 427. The van der Waals surface area contributed by atoms with E-state index in [0.29, 0.717) is 23.2 Å². The first-order valence-corrected chi connectivity index (χ1v) is 4.50. The molecule has 0 aromatic carbocycles. The summed E-state index contributed by atoms with van der Waals surface area (Å²) in [4.78, 5) is 10.5. The number of aldehydes is 1. The summed E-state index contributed by atoms with van der Waals surface area (Å²) in [6, 6.07) is 3.52. The van der Waals surface area contributed by atoms with Crippen LogP contribution in [0.3, 0.4) is 0 Å². The molecule has 0 saturated heterocycles. The molecule has 2 aromatic heterocycles. The Labute approximate surface area is 92.7 Å². The molecule has 84 valence electrons. The average molecular weight is 220 g/mol. The summed E-state index contributed by atoms with van der Waals surface area (Å²) in [5.41, 5.74) is 1.72.